The Hall–Kier alpha value is -5.60. The van der Waals surface area contributed by atoms with Gasteiger partial charge in [0.25, 0.3) is 0 Å². The zero-order valence-corrected chi connectivity index (χ0v) is 24.4. The molecule has 0 amide bonds. The lowest BCUT2D eigenvalue weighted by molar-refractivity contribution is 0.0978. The van der Waals surface area contributed by atoms with Gasteiger partial charge in [-0.25, -0.2) is 14.6 Å². The predicted octanol–water partition coefficient (Wildman–Crippen LogP) is 6.00. The number of rotatable bonds is 7. The summed E-state index contributed by atoms with van der Waals surface area (Å²) >= 11 is 0. The largest absolute Gasteiger partial charge is 0.379 e. The zero-order chi connectivity index (χ0) is 30.3. The second kappa shape index (κ2) is 10.6. The van der Waals surface area contributed by atoms with Gasteiger partial charge in [-0.3, -0.25) is 0 Å². The summed E-state index contributed by atoms with van der Waals surface area (Å²) in [5.41, 5.74) is 9.75. The van der Waals surface area contributed by atoms with Crippen LogP contribution in [0.1, 0.15) is 40.6 Å². The third-order valence-electron chi connectivity index (χ3n) is 8.35. The van der Waals surface area contributed by atoms with E-state index in [1.165, 1.54) is 0 Å². The maximum absolute atomic E-state index is 12.2. The van der Waals surface area contributed by atoms with Crippen LogP contribution in [0.15, 0.2) is 134 Å². The fraction of sp³-hybridized carbons (Fsp3) is 0.111. The Kier molecular flexibility index (Phi) is 6.56. The van der Waals surface area contributed by atoms with E-state index < -0.39 is 11.1 Å². The van der Waals surface area contributed by atoms with Crippen LogP contribution in [0.2, 0.25) is 0 Å². The molecule has 0 radical (unpaired) electrons. The fourth-order valence-electron chi connectivity index (χ4n) is 6.12. The van der Waals surface area contributed by atoms with Gasteiger partial charge in [-0.1, -0.05) is 103 Å². The normalized spacial score (nSPS) is 13.2. The molecule has 3 heterocycles. The average Bonchev–Trinajstić information content (AvgIpc) is 3.69. The van der Waals surface area contributed by atoms with E-state index in [9.17, 15) is 5.11 Å². The number of fused-ring (bicyclic) bond motifs is 1. The monoisotopic (exact) mass is 577 g/mol. The smallest absolute Gasteiger partial charge is 0.221 e. The first-order valence-corrected chi connectivity index (χ1v) is 14.4. The van der Waals surface area contributed by atoms with Crippen molar-refractivity contribution in [3.8, 4) is 5.82 Å². The molecular weight excluding hydrogens is 546 g/mol. The van der Waals surface area contributed by atoms with Gasteiger partial charge in [0.15, 0.2) is 5.82 Å². The molecule has 0 aliphatic carbocycles. The molecule has 0 spiro atoms. The van der Waals surface area contributed by atoms with Gasteiger partial charge in [0.2, 0.25) is 5.95 Å². The van der Waals surface area contributed by atoms with E-state index in [1.54, 1.807) is 23.9 Å². The van der Waals surface area contributed by atoms with E-state index in [-0.39, 0.29) is 5.95 Å². The maximum atomic E-state index is 12.2. The summed E-state index contributed by atoms with van der Waals surface area (Å²) in [6.45, 7) is 3.71. The minimum absolute atomic E-state index is 0.163. The van der Waals surface area contributed by atoms with Crippen LogP contribution in [0.25, 0.3) is 16.7 Å². The summed E-state index contributed by atoms with van der Waals surface area (Å²) in [5.74, 6) is 0.714. The number of aromatic nitrogens is 6. The maximum Gasteiger partial charge on any atom is 0.221 e. The molecule has 0 aliphatic rings. The number of aliphatic hydroxyl groups is 1. The second-order valence-corrected chi connectivity index (χ2v) is 11.0. The fourth-order valence-corrected chi connectivity index (χ4v) is 6.12. The van der Waals surface area contributed by atoms with Crippen molar-refractivity contribution in [2.24, 2.45) is 0 Å². The Labute approximate surface area is 255 Å². The van der Waals surface area contributed by atoms with Crippen LogP contribution in [-0.4, -0.2) is 34.4 Å². The molecule has 0 saturated carbocycles. The standard InChI is InChI=1S/C36H31N7O/c1-25-30-19-18-29(22-31(30)43(41-25)33-20-21-38-34(37)40-33)35(2,44)32-23-42(24-39-32)36(26-12-6-3-7-13-26,27-14-8-4-9-15-27)28-16-10-5-11-17-28/h3-24,44H,1-2H3,(H2,37,38,40). The lowest BCUT2D eigenvalue weighted by atomic mass is 9.76. The molecule has 3 N–H and O–H groups in total. The molecule has 7 aromatic rings. The van der Waals surface area contributed by atoms with Crippen LogP contribution in [0.4, 0.5) is 5.95 Å². The number of nitrogens with zero attached hydrogens (tertiary/aromatic N) is 6. The summed E-state index contributed by atoms with van der Waals surface area (Å²) in [7, 11) is 0. The minimum atomic E-state index is -1.43. The first kappa shape index (κ1) is 27.2. The molecule has 8 nitrogen and oxygen atoms in total. The van der Waals surface area contributed by atoms with Gasteiger partial charge in [-0.15, -0.1) is 0 Å². The van der Waals surface area contributed by atoms with E-state index in [0.717, 1.165) is 33.3 Å². The molecule has 0 fully saturated rings. The molecule has 1 unspecified atom stereocenters. The SMILES string of the molecule is Cc1nn(-c2ccnc(N)n2)c2cc(C(C)(O)c3cn(C(c4ccccc4)(c4ccccc4)c4ccccc4)cn3)ccc12. The Morgan fingerprint density at radius 3 is 1.89 bits per heavy atom. The van der Waals surface area contributed by atoms with Crippen molar-refractivity contribution in [2.75, 3.05) is 5.73 Å². The highest BCUT2D eigenvalue weighted by molar-refractivity contribution is 5.84. The molecule has 4 aromatic carbocycles. The second-order valence-electron chi connectivity index (χ2n) is 11.0. The summed E-state index contributed by atoms with van der Waals surface area (Å²) < 4.78 is 3.83. The van der Waals surface area contributed by atoms with Gasteiger partial charge < -0.3 is 15.4 Å². The quantitative estimate of drug-likeness (QED) is 0.225. The number of nitrogen functional groups attached to an aromatic ring is 1. The molecule has 3 aromatic heterocycles. The first-order chi connectivity index (χ1) is 21.4. The van der Waals surface area contributed by atoms with Gasteiger partial charge in [-0.2, -0.15) is 10.1 Å². The molecule has 216 valence electrons. The van der Waals surface area contributed by atoms with E-state index in [1.807, 2.05) is 55.8 Å². The van der Waals surface area contributed by atoms with E-state index in [2.05, 4.69) is 87.3 Å². The molecule has 0 bridgehead atoms. The minimum Gasteiger partial charge on any atom is -0.379 e. The van der Waals surface area contributed by atoms with Gasteiger partial charge >= 0.3 is 0 Å². The number of aryl methyl sites for hydroxylation is 1. The topological polar surface area (TPSA) is 108 Å². The highest BCUT2D eigenvalue weighted by atomic mass is 16.3. The average molecular weight is 578 g/mol. The Bertz CT molecular complexity index is 1970. The van der Waals surface area contributed by atoms with Crippen LogP contribution in [0, 0.1) is 6.92 Å². The van der Waals surface area contributed by atoms with Crippen molar-refractivity contribution in [1.82, 2.24) is 29.3 Å². The predicted molar refractivity (Wildman–Crippen MR) is 171 cm³/mol. The number of hydrogen-bond donors (Lipinski definition) is 2. The van der Waals surface area contributed by atoms with Crippen LogP contribution in [0.3, 0.4) is 0 Å². The van der Waals surface area contributed by atoms with Crippen molar-refractivity contribution >= 4 is 16.9 Å². The van der Waals surface area contributed by atoms with Gasteiger partial charge in [0.05, 0.1) is 23.2 Å². The van der Waals surface area contributed by atoms with Gasteiger partial charge in [0.1, 0.15) is 11.1 Å². The molecular formula is C36H31N7O. The first-order valence-electron chi connectivity index (χ1n) is 14.4. The lowest BCUT2D eigenvalue weighted by Crippen LogP contribution is -2.37. The van der Waals surface area contributed by atoms with Crippen LogP contribution < -0.4 is 5.73 Å². The lowest BCUT2D eigenvalue weighted by Gasteiger charge is -2.37. The van der Waals surface area contributed by atoms with E-state index in [0.29, 0.717) is 17.1 Å². The zero-order valence-electron chi connectivity index (χ0n) is 24.4. The molecule has 0 saturated heterocycles. The summed E-state index contributed by atoms with van der Waals surface area (Å²) in [4.78, 5) is 13.2. The van der Waals surface area contributed by atoms with Gasteiger partial charge in [-0.05, 0) is 42.2 Å². The number of anilines is 1. The summed E-state index contributed by atoms with van der Waals surface area (Å²) in [6.07, 6.45) is 5.36. The van der Waals surface area contributed by atoms with E-state index >= 15 is 0 Å². The third-order valence-corrected chi connectivity index (χ3v) is 8.35. The Morgan fingerprint density at radius 2 is 1.32 bits per heavy atom. The molecule has 0 aliphatic heterocycles. The molecule has 44 heavy (non-hydrogen) atoms. The van der Waals surface area contributed by atoms with Gasteiger partial charge in [0, 0.05) is 23.8 Å². The Balaban J connectivity index is 1.40. The van der Waals surface area contributed by atoms with Crippen molar-refractivity contribution in [3.05, 3.63) is 168 Å². The van der Waals surface area contributed by atoms with Crippen LogP contribution >= 0.6 is 0 Å². The van der Waals surface area contributed by atoms with Crippen molar-refractivity contribution < 1.29 is 5.11 Å². The van der Waals surface area contributed by atoms with Crippen LogP contribution in [0.5, 0.6) is 0 Å². The summed E-state index contributed by atoms with van der Waals surface area (Å²) in [5, 5.41) is 17.8. The highest BCUT2D eigenvalue weighted by Crippen LogP contribution is 2.42. The number of benzene rings is 4. The van der Waals surface area contributed by atoms with E-state index in [4.69, 9.17) is 15.8 Å². The number of hydrogen-bond acceptors (Lipinski definition) is 6. The highest BCUT2D eigenvalue weighted by Gasteiger charge is 2.40. The van der Waals surface area contributed by atoms with Crippen molar-refractivity contribution in [3.63, 3.8) is 0 Å². The molecule has 8 heteroatoms. The number of nitrogens with two attached hydrogens (primary N) is 1. The number of imidazole rings is 1. The van der Waals surface area contributed by atoms with Crippen molar-refractivity contribution in [1.29, 1.82) is 0 Å². The molecule has 7 rings (SSSR count). The molecule has 1 atom stereocenters. The third kappa shape index (κ3) is 4.35. The van der Waals surface area contributed by atoms with Crippen molar-refractivity contribution in [2.45, 2.75) is 25.0 Å². The Morgan fingerprint density at radius 1 is 0.727 bits per heavy atom. The summed E-state index contributed by atoms with van der Waals surface area (Å²) in [6, 6.07) is 38.8. The van der Waals surface area contributed by atoms with Crippen LogP contribution in [-0.2, 0) is 11.1 Å².